The fourth-order valence-electron chi connectivity index (χ4n) is 2.34. The summed E-state index contributed by atoms with van der Waals surface area (Å²) in [5.41, 5.74) is -0.169. The number of nitrogens with one attached hydrogen (secondary N) is 1. The van der Waals surface area contributed by atoms with E-state index in [1.165, 1.54) is 18.2 Å². The van der Waals surface area contributed by atoms with Gasteiger partial charge in [0.2, 0.25) is 0 Å². The van der Waals surface area contributed by atoms with E-state index >= 15 is 0 Å². The maximum absolute atomic E-state index is 13.6. The Balaban J connectivity index is 2.08. The number of para-hydroxylation sites is 1. The van der Waals surface area contributed by atoms with Gasteiger partial charge in [0, 0.05) is 12.1 Å². The van der Waals surface area contributed by atoms with Crippen LogP contribution in [0, 0.1) is 27.8 Å². The topological polar surface area (TPSA) is 55.2 Å². The standard InChI is InChI=1S/C13H17FN2O2/c1-8(2)9-6-10(7-9)15-13-11(14)4-3-5-12(13)16(17)18/h3-5,8-10,15H,6-7H2,1-2H3. The van der Waals surface area contributed by atoms with Crippen LogP contribution in [0.2, 0.25) is 0 Å². The van der Waals surface area contributed by atoms with Gasteiger partial charge in [-0.2, -0.15) is 0 Å². The van der Waals surface area contributed by atoms with Crippen LogP contribution >= 0.6 is 0 Å². The first kappa shape index (κ1) is 12.8. The first-order valence-corrected chi connectivity index (χ1v) is 6.18. The minimum Gasteiger partial charge on any atom is -0.374 e. The largest absolute Gasteiger partial charge is 0.374 e. The van der Waals surface area contributed by atoms with E-state index in [9.17, 15) is 14.5 Å². The van der Waals surface area contributed by atoms with E-state index in [-0.39, 0.29) is 17.4 Å². The Labute approximate surface area is 105 Å². The molecule has 1 aliphatic rings. The summed E-state index contributed by atoms with van der Waals surface area (Å²) in [7, 11) is 0. The van der Waals surface area contributed by atoms with Crippen molar-refractivity contribution in [1.29, 1.82) is 0 Å². The van der Waals surface area contributed by atoms with Gasteiger partial charge in [-0.15, -0.1) is 0 Å². The second kappa shape index (κ2) is 4.92. The van der Waals surface area contributed by atoms with Crippen LogP contribution in [0.15, 0.2) is 18.2 Å². The SMILES string of the molecule is CC(C)C1CC(Nc2c(F)cccc2[N+](=O)[O-])C1. The van der Waals surface area contributed by atoms with Gasteiger partial charge in [0.15, 0.2) is 5.82 Å². The second-order valence-electron chi connectivity index (χ2n) is 5.21. The molecule has 0 unspecified atom stereocenters. The normalized spacial score (nSPS) is 22.7. The molecule has 0 atom stereocenters. The van der Waals surface area contributed by atoms with E-state index in [1.54, 1.807) is 0 Å². The molecule has 0 aliphatic heterocycles. The number of hydrogen-bond donors (Lipinski definition) is 1. The highest BCUT2D eigenvalue weighted by Gasteiger charge is 2.33. The maximum Gasteiger partial charge on any atom is 0.295 e. The molecule has 0 saturated heterocycles. The zero-order valence-corrected chi connectivity index (χ0v) is 10.5. The third-order valence-electron chi connectivity index (χ3n) is 3.65. The molecule has 98 valence electrons. The van der Waals surface area contributed by atoms with Gasteiger partial charge in [0.25, 0.3) is 5.69 Å². The smallest absolute Gasteiger partial charge is 0.295 e. The van der Waals surface area contributed by atoms with Crippen LogP contribution in [0.4, 0.5) is 15.8 Å². The Bertz CT molecular complexity index is 456. The van der Waals surface area contributed by atoms with Crippen molar-refractivity contribution < 1.29 is 9.31 Å². The summed E-state index contributed by atoms with van der Waals surface area (Å²) in [6.07, 6.45) is 1.90. The number of anilines is 1. The number of nitro benzene ring substituents is 1. The maximum atomic E-state index is 13.6. The molecule has 5 heteroatoms. The van der Waals surface area contributed by atoms with E-state index in [0.29, 0.717) is 11.8 Å². The van der Waals surface area contributed by atoms with Crippen molar-refractivity contribution in [2.24, 2.45) is 11.8 Å². The van der Waals surface area contributed by atoms with Gasteiger partial charge in [-0.25, -0.2) is 4.39 Å². The highest BCUT2D eigenvalue weighted by atomic mass is 19.1. The van der Waals surface area contributed by atoms with Crippen LogP contribution in [0.25, 0.3) is 0 Å². The minimum absolute atomic E-state index is 0.0229. The molecule has 0 heterocycles. The van der Waals surface area contributed by atoms with Crippen LogP contribution < -0.4 is 5.32 Å². The monoisotopic (exact) mass is 252 g/mol. The summed E-state index contributed by atoms with van der Waals surface area (Å²) < 4.78 is 13.6. The van der Waals surface area contributed by atoms with Crippen molar-refractivity contribution in [3.05, 3.63) is 34.1 Å². The summed E-state index contributed by atoms with van der Waals surface area (Å²) in [6, 6.07) is 4.07. The van der Waals surface area contributed by atoms with E-state index < -0.39 is 10.7 Å². The summed E-state index contributed by atoms with van der Waals surface area (Å²) in [5, 5.41) is 13.8. The number of benzene rings is 1. The lowest BCUT2D eigenvalue weighted by Gasteiger charge is -2.38. The molecule has 2 rings (SSSR count). The lowest BCUT2D eigenvalue weighted by molar-refractivity contribution is -0.384. The fraction of sp³-hybridized carbons (Fsp3) is 0.538. The van der Waals surface area contributed by atoms with Gasteiger partial charge in [-0.1, -0.05) is 19.9 Å². The van der Waals surface area contributed by atoms with Gasteiger partial charge in [0.05, 0.1) is 4.92 Å². The van der Waals surface area contributed by atoms with Crippen molar-refractivity contribution in [1.82, 2.24) is 0 Å². The minimum atomic E-state index is -0.558. The Morgan fingerprint density at radius 1 is 1.44 bits per heavy atom. The van der Waals surface area contributed by atoms with Crippen molar-refractivity contribution in [3.63, 3.8) is 0 Å². The van der Waals surface area contributed by atoms with E-state index in [0.717, 1.165) is 12.8 Å². The van der Waals surface area contributed by atoms with Crippen LogP contribution in [0.1, 0.15) is 26.7 Å². The molecule has 0 radical (unpaired) electrons. The molecule has 4 nitrogen and oxygen atoms in total. The zero-order valence-electron chi connectivity index (χ0n) is 10.5. The summed E-state index contributed by atoms with van der Waals surface area (Å²) in [6.45, 7) is 4.32. The molecule has 0 bridgehead atoms. The number of halogens is 1. The highest BCUT2D eigenvalue weighted by molar-refractivity contribution is 5.62. The van der Waals surface area contributed by atoms with Crippen LogP contribution in [-0.4, -0.2) is 11.0 Å². The number of nitro groups is 1. The Morgan fingerprint density at radius 3 is 2.67 bits per heavy atom. The molecular weight excluding hydrogens is 235 g/mol. The predicted octanol–water partition coefficient (Wildman–Crippen LogP) is 3.58. The number of hydrogen-bond acceptors (Lipinski definition) is 3. The summed E-state index contributed by atoms with van der Waals surface area (Å²) >= 11 is 0. The molecule has 1 aromatic rings. The van der Waals surface area contributed by atoms with E-state index in [4.69, 9.17) is 0 Å². The van der Waals surface area contributed by atoms with E-state index in [1.807, 2.05) is 0 Å². The van der Waals surface area contributed by atoms with Gasteiger partial charge < -0.3 is 5.32 Å². The van der Waals surface area contributed by atoms with Crippen molar-refractivity contribution in [2.75, 3.05) is 5.32 Å². The third kappa shape index (κ3) is 2.44. The molecule has 0 amide bonds. The van der Waals surface area contributed by atoms with Crippen molar-refractivity contribution >= 4 is 11.4 Å². The number of nitrogens with zero attached hydrogens (tertiary/aromatic N) is 1. The molecule has 1 aliphatic carbocycles. The third-order valence-corrected chi connectivity index (χ3v) is 3.65. The molecule has 1 saturated carbocycles. The second-order valence-corrected chi connectivity index (χ2v) is 5.21. The van der Waals surface area contributed by atoms with Gasteiger partial charge in [-0.3, -0.25) is 10.1 Å². The first-order valence-electron chi connectivity index (χ1n) is 6.18. The highest BCUT2D eigenvalue weighted by Crippen LogP contribution is 2.37. The average molecular weight is 252 g/mol. The van der Waals surface area contributed by atoms with Gasteiger partial charge in [0.1, 0.15) is 5.69 Å². The predicted molar refractivity (Wildman–Crippen MR) is 68.0 cm³/mol. The lowest BCUT2D eigenvalue weighted by Crippen LogP contribution is -2.38. The first-order chi connectivity index (χ1) is 8.49. The van der Waals surface area contributed by atoms with Crippen LogP contribution in [-0.2, 0) is 0 Å². The Hall–Kier alpha value is -1.65. The number of rotatable bonds is 4. The summed E-state index contributed by atoms with van der Waals surface area (Å²) in [4.78, 5) is 10.3. The molecule has 1 aromatic carbocycles. The molecule has 18 heavy (non-hydrogen) atoms. The Morgan fingerprint density at radius 2 is 2.11 bits per heavy atom. The Kier molecular flexibility index (Phi) is 3.50. The lowest BCUT2D eigenvalue weighted by atomic mass is 9.73. The quantitative estimate of drug-likeness (QED) is 0.658. The van der Waals surface area contributed by atoms with Gasteiger partial charge >= 0.3 is 0 Å². The molecule has 1 fully saturated rings. The molecular formula is C13H17FN2O2. The molecule has 0 spiro atoms. The van der Waals surface area contributed by atoms with Crippen molar-refractivity contribution in [3.8, 4) is 0 Å². The van der Waals surface area contributed by atoms with E-state index in [2.05, 4.69) is 19.2 Å². The molecule has 1 N–H and O–H groups in total. The molecule has 0 aromatic heterocycles. The van der Waals surface area contributed by atoms with Crippen LogP contribution in [0.5, 0.6) is 0 Å². The summed E-state index contributed by atoms with van der Waals surface area (Å²) in [5.74, 6) is 0.684. The zero-order chi connectivity index (χ0) is 13.3. The average Bonchev–Trinajstić information content (AvgIpc) is 2.23. The van der Waals surface area contributed by atoms with Crippen molar-refractivity contribution in [2.45, 2.75) is 32.7 Å². The van der Waals surface area contributed by atoms with Gasteiger partial charge in [-0.05, 0) is 30.7 Å². The fourth-order valence-corrected chi connectivity index (χ4v) is 2.34. The van der Waals surface area contributed by atoms with Crippen LogP contribution in [0.3, 0.4) is 0 Å².